The third kappa shape index (κ3) is 4.91. The highest BCUT2D eigenvalue weighted by Crippen LogP contribution is 2.09. The van der Waals surface area contributed by atoms with E-state index in [0.717, 1.165) is 0 Å². The highest BCUT2D eigenvalue weighted by molar-refractivity contribution is 5.83. The number of carbonyl (C=O) groups excluding carboxylic acids is 2. The van der Waals surface area contributed by atoms with Crippen molar-refractivity contribution in [3.8, 4) is 0 Å². The molecule has 0 aliphatic rings. The van der Waals surface area contributed by atoms with E-state index >= 15 is 0 Å². The van der Waals surface area contributed by atoms with Crippen LogP contribution in [0.4, 0.5) is 4.39 Å². The molecule has 0 atom stereocenters. The minimum absolute atomic E-state index is 0.0729. The van der Waals surface area contributed by atoms with Crippen LogP contribution in [0.1, 0.15) is 12.5 Å². The van der Waals surface area contributed by atoms with E-state index in [0.29, 0.717) is 12.1 Å². The van der Waals surface area contributed by atoms with Crippen LogP contribution in [0.3, 0.4) is 0 Å². The molecule has 1 rings (SSSR count). The van der Waals surface area contributed by atoms with Crippen LogP contribution in [0, 0.1) is 5.82 Å². The molecule has 102 valence electrons. The number of halogens is 1. The van der Waals surface area contributed by atoms with Crippen molar-refractivity contribution < 1.29 is 14.0 Å². The number of benzene rings is 1. The fraction of sp³-hybridized carbons (Fsp3) is 0.286. The van der Waals surface area contributed by atoms with Crippen molar-refractivity contribution in [2.45, 2.75) is 13.5 Å². The number of rotatable bonds is 6. The Morgan fingerprint density at radius 1 is 1.42 bits per heavy atom. The predicted molar refractivity (Wildman–Crippen MR) is 70.7 cm³/mol. The smallest absolute Gasteiger partial charge is 0.239 e. The summed E-state index contributed by atoms with van der Waals surface area (Å²) in [4.78, 5) is 24.3. The van der Waals surface area contributed by atoms with Crippen molar-refractivity contribution in [2.24, 2.45) is 0 Å². The van der Waals surface area contributed by atoms with Gasteiger partial charge in [0.05, 0.1) is 6.54 Å². The number of hydrogen-bond donors (Lipinski definition) is 1. The summed E-state index contributed by atoms with van der Waals surface area (Å²) in [6, 6.07) is 6.18. The fourth-order valence-electron chi connectivity index (χ4n) is 1.53. The first-order chi connectivity index (χ1) is 9.04. The molecule has 0 spiro atoms. The molecule has 1 N–H and O–H groups in total. The van der Waals surface area contributed by atoms with E-state index < -0.39 is 0 Å². The molecule has 2 amide bonds. The van der Waals surface area contributed by atoms with Crippen molar-refractivity contribution in [3.63, 3.8) is 0 Å². The van der Waals surface area contributed by atoms with Gasteiger partial charge < -0.3 is 10.2 Å². The first kappa shape index (κ1) is 14.9. The van der Waals surface area contributed by atoms with Crippen LogP contribution in [-0.2, 0) is 16.1 Å². The first-order valence-electron chi connectivity index (χ1n) is 5.91. The van der Waals surface area contributed by atoms with E-state index in [-0.39, 0.29) is 30.7 Å². The van der Waals surface area contributed by atoms with Crippen molar-refractivity contribution in [3.05, 3.63) is 48.3 Å². The molecule has 0 bridgehead atoms. The number of amides is 2. The van der Waals surface area contributed by atoms with Crippen LogP contribution < -0.4 is 5.32 Å². The zero-order valence-electron chi connectivity index (χ0n) is 10.9. The maximum Gasteiger partial charge on any atom is 0.239 e. The van der Waals surface area contributed by atoms with Crippen molar-refractivity contribution in [2.75, 3.05) is 13.1 Å². The van der Waals surface area contributed by atoms with E-state index in [9.17, 15) is 14.0 Å². The van der Waals surface area contributed by atoms with Gasteiger partial charge in [0, 0.05) is 25.6 Å². The van der Waals surface area contributed by atoms with Gasteiger partial charge in [-0.2, -0.15) is 0 Å². The summed E-state index contributed by atoms with van der Waals surface area (Å²) in [5.41, 5.74) is 0.384. The minimum Gasteiger partial charge on any atom is -0.351 e. The Balaban J connectivity index is 2.68. The Bertz CT molecular complexity index is 474. The molecular weight excluding hydrogens is 247 g/mol. The summed E-state index contributed by atoms with van der Waals surface area (Å²) >= 11 is 0. The molecule has 19 heavy (non-hydrogen) atoms. The number of nitrogens with one attached hydrogen (secondary N) is 1. The molecule has 1 aromatic rings. The summed E-state index contributed by atoms with van der Waals surface area (Å²) in [6.07, 6.45) is 1.55. The monoisotopic (exact) mass is 264 g/mol. The molecule has 0 unspecified atom stereocenters. The van der Waals surface area contributed by atoms with Gasteiger partial charge in [-0.25, -0.2) is 4.39 Å². The third-order valence-corrected chi connectivity index (χ3v) is 2.54. The molecule has 0 fully saturated rings. The van der Waals surface area contributed by atoms with Crippen LogP contribution in [0.15, 0.2) is 36.9 Å². The molecule has 1 aromatic carbocycles. The second kappa shape index (κ2) is 7.31. The van der Waals surface area contributed by atoms with Gasteiger partial charge in [0.15, 0.2) is 0 Å². The Hall–Kier alpha value is -2.17. The van der Waals surface area contributed by atoms with Crippen molar-refractivity contribution in [1.82, 2.24) is 10.2 Å². The summed E-state index contributed by atoms with van der Waals surface area (Å²) in [5.74, 6) is -0.969. The molecule has 0 aromatic heterocycles. The fourth-order valence-corrected chi connectivity index (χ4v) is 1.53. The van der Waals surface area contributed by atoms with Crippen molar-refractivity contribution >= 4 is 11.8 Å². The van der Waals surface area contributed by atoms with E-state index in [1.165, 1.54) is 17.9 Å². The molecule has 4 nitrogen and oxygen atoms in total. The molecule has 0 aliphatic carbocycles. The van der Waals surface area contributed by atoms with E-state index in [1.54, 1.807) is 24.3 Å². The summed E-state index contributed by atoms with van der Waals surface area (Å²) in [5, 5.41) is 2.57. The summed E-state index contributed by atoms with van der Waals surface area (Å²) in [7, 11) is 0. The SMILES string of the molecule is C=CCNC(=O)CN(Cc1ccccc1F)C(C)=O. The number of nitrogens with zero attached hydrogens (tertiary/aromatic N) is 1. The van der Waals surface area contributed by atoms with Crippen LogP contribution in [0.25, 0.3) is 0 Å². The number of hydrogen-bond acceptors (Lipinski definition) is 2. The van der Waals surface area contributed by atoms with Gasteiger partial charge in [0.25, 0.3) is 0 Å². The van der Waals surface area contributed by atoms with Crippen LogP contribution in [0.2, 0.25) is 0 Å². The van der Waals surface area contributed by atoms with E-state index in [1.807, 2.05) is 0 Å². The minimum atomic E-state index is -0.389. The molecular formula is C14H17FN2O2. The standard InChI is InChI=1S/C14H17FN2O2/c1-3-8-16-14(19)10-17(11(2)18)9-12-6-4-5-7-13(12)15/h3-7H,1,8-10H2,2H3,(H,16,19). The van der Waals surface area contributed by atoms with Gasteiger partial charge >= 0.3 is 0 Å². The average Bonchev–Trinajstić information content (AvgIpc) is 2.38. The van der Waals surface area contributed by atoms with Gasteiger partial charge in [0.2, 0.25) is 11.8 Å². The lowest BCUT2D eigenvalue weighted by atomic mass is 10.2. The van der Waals surface area contributed by atoms with Crippen LogP contribution >= 0.6 is 0 Å². The lowest BCUT2D eigenvalue weighted by Gasteiger charge is -2.20. The maximum absolute atomic E-state index is 13.5. The van der Waals surface area contributed by atoms with Gasteiger partial charge in [-0.05, 0) is 6.07 Å². The molecule has 0 aliphatic heterocycles. The average molecular weight is 264 g/mol. The first-order valence-corrected chi connectivity index (χ1v) is 5.91. The zero-order valence-corrected chi connectivity index (χ0v) is 10.9. The zero-order chi connectivity index (χ0) is 14.3. The van der Waals surface area contributed by atoms with E-state index in [4.69, 9.17) is 0 Å². The number of carbonyl (C=O) groups is 2. The second-order valence-electron chi connectivity index (χ2n) is 4.06. The van der Waals surface area contributed by atoms with Crippen LogP contribution in [0.5, 0.6) is 0 Å². The van der Waals surface area contributed by atoms with Crippen molar-refractivity contribution in [1.29, 1.82) is 0 Å². The Morgan fingerprint density at radius 2 is 2.11 bits per heavy atom. The van der Waals surface area contributed by atoms with Crippen LogP contribution in [-0.4, -0.2) is 29.8 Å². The van der Waals surface area contributed by atoms with Gasteiger partial charge in [-0.3, -0.25) is 9.59 Å². The molecule has 0 saturated carbocycles. The lowest BCUT2D eigenvalue weighted by molar-refractivity contribution is -0.134. The largest absolute Gasteiger partial charge is 0.351 e. The predicted octanol–water partition coefficient (Wildman–Crippen LogP) is 1.48. The Labute approximate surface area is 111 Å². The van der Waals surface area contributed by atoms with E-state index in [2.05, 4.69) is 11.9 Å². The lowest BCUT2D eigenvalue weighted by Crippen LogP contribution is -2.39. The third-order valence-electron chi connectivity index (χ3n) is 2.54. The second-order valence-corrected chi connectivity index (χ2v) is 4.06. The normalized spacial score (nSPS) is 9.79. The Morgan fingerprint density at radius 3 is 2.68 bits per heavy atom. The van der Waals surface area contributed by atoms with Gasteiger partial charge in [-0.15, -0.1) is 6.58 Å². The molecule has 5 heteroatoms. The van der Waals surface area contributed by atoms with Gasteiger partial charge in [-0.1, -0.05) is 24.3 Å². The summed E-state index contributed by atoms with van der Waals surface area (Å²) in [6.45, 7) is 5.14. The topological polar surface area (TPSA) is 49.4 Å². The Kier molecular flexibility index (Phi) is 5.73. The molecule has 0 saturated heterocycles. The maximum atomic E-state index is 13.5. The molecule has 0 heterocycles. The highest BCUT2D eigenvalue weighted by atomic mass is 19.1. The quantitative estimate of drug-likeness (QED) is 0.791. The van der Waals surface area contributed by atoms with Gasteiger partial charge in [0.1, 0.15) is 5.82 Å². The summed E-state index contributed by atoms with van der Waals surface area (Å²) < 4.78 is 13.5. The molecule has 0 radical (unpaired) electrons. The highest BCUT2D eigenvalue weighted by Gasteiger charge is 2.15.